The minimum atomic E-state index is -4.21. The lowest BCUT2D eigenvalue weighted by Gasteiger charge is -2.31. The van der Waals surface area contributed by atoms with E-state index in [0.29, 0.717) is 55.3 Å². The second kappa shape index (κ2) is 12.6. The zero-order valence-corrected chi connectivity index (χ0v) is 28.2. The molecule has 7 rings (SSSR count). The van der Waals surface area contributed by atoms with Crippen molar-refractivity contribution >= 4 is 79.8 Å². The molecular formula is C32H33Cl2F3N8O2S. The van der Waals surface area contributed by atoms with Gasteiger partial charge in [-0.3, -0.25) is 9.59 Å². The highest BCUT2D eigenvalue weighted by atomic mass is 35.5. The standard InChI is InChI=1S/C32H33Cl2F3N8O2S/c1-44-25-10-24(45-12-16-8-17(16)13-45)20(28(46)40-19-5-3-18(4-6-19)32(35,36)37)9-22(25)42-31(44)43-27-21(33)7-2-15(26(27)34)11-39-29(47)23-14-48-30(38)41-23/h2,7,9-10,14,16-19H,3-6,8,11-13H2,1H3,(H2,38,41)(H,39,47)(H,40,46)(H,42,43). The molecule has 3 fully saturated rings. The van der Waals surface area contributed by atoms with Crippen LogP contribution in [0.2, 0.25) is 10.0 Å². The number of carbonyl (C=O) groups is 2. The molecule has 2 atom stereocenters. The Labute approximate surface area is 288 Å². The lowest BCUT2D eigenvalue weighted by molar-refractivity contribution is -0.182. The number of halogens is 5. The highest BCUT2D eigenvalue weighted by Gasteiger charge is 2.46. The number of nitrogens with zero attached hydrogens (tertiary/aromatic N) is 4. The van der Waals surface area contributed by atoms with Gasteiger partial charge in [0.2, 0.25) is 5.95 Å². The Bertz CT molecular complexity index is 1900. The molecule has 0 bridgehead atoms. The summed E-state index contributed by atoms with van der Waals surface area (Å²) in [6.45, 7) is 1.81. The summed E-state index contributed by atoms with van der Waals surface area (Å²) in [7, 11) is 1.84. The van der Waals surface area contributed by atoms with Crippen molar-refractivity contribution in [2.45, 2.75) is 50.9 Å². The Morgan fingerprint density at radius 2 is 1.79 bits per heavy atom. The maximum atomic E-state index is 13.7. The molecule has 48 heavy (non-hydrogen) atoms. The maximum absolute atomic E-state index is 13.7. The van der Waals surface area contributed by atoms with Crippen molar-refractivity contribution in [3.63, 3.8) is 0 Å². The third-order valence-corrected chi connectivity index (χ3v) is 11.1. The Kier molecular flexibility index (Phi) is 8.61. The molecule has 1 aliphatic heterocycles. The smallest absolute Gasteiger partial charge is 0.375 e. The second-order valence-electron chi connectivity index (χ2n) is 12.9. The number of piperidine rings is 1. The number of alkyl halides is 3. The summed E-state index contributed by atoms with van der Waals surface area (Å²) in [5, 5.41) is 11.5. The molecule has 0 radical (unpaired) electrons. The number of thiazole rings is 1. The quantitative estimate of drug-likeness (QED) is 0.156. The molecule has 2 aromatic heterocycles. The van der Waals surface area contributed by atoms with E-state index in [1.54, 1.807) is 23.6 Å². The van der Waals surface area contributed by atoms with Gasteiger partial charge in [0, 0.05) is 38.1 Å². The molecule has 2 amide bonds. The molecule has 16 heteroatoms. The number of hydrogen-bond donors (Lipinski definition) is 4. The Hall–Kier alpha value is -3.75. The van der Waals surface area contributed by atoms with Crippen LogP contribution in [-0.4, -0.2) is 51.7 Å². The van der Waals surface area contributed by atoms with Crippen molar-refractivity contribution < 1.29 is 22.8 Å². The van der Waals surface area contributed by atoms with Crippen molar-refractivity contribution in [1.82, 2.24) is 25.2 Å². The van der Waals surface area contributed by atoms with Crippen molar-refractivity contribution in [3.8, 4) is 0 Å². The van der Waals surface area contributed by atoms with Crippen LogP contribution in [0.4, 0.5) is 35.6 Å². The fraction of sp³-hybridized carbons (Fsp3) is 0.438. The van der Waals surface area contributed by atoms with Crippen LogP contribution in [0.25, 0.3) is 11.0 Å². The molecule has 10 nitrogen and oxygen atoms in total. The first-order chi connectivity index (χ1) is 22.9. The summed E-state index contributed by atoms with van der Waals surface area (Å²) in [4.78, 5) is 37.2. The van der Waals surface area contributed by atoms with Crippen LogP contribution in [0.1, 0.15) is 58.5 Å². The number of nitrogen functional groups attached to an aromatic ring is 1. The molecule has 2 unspecified atom stereocenters. The molecule has 254 valence electrons. The summed E-state index contributed by atoms with van der Waals surface area (Å²) < 4.78 is 41.5. The van der Waals surface area contributed by atoms with Gasteiger partial charge in [0.15, 0.2) is 5.13 Å². The van der Waals surface area contributed by atoms with Crippen molar-refractivity contribution in [2.75, 3.05) is 29.0 Å². The van der Waals surface area contributed by atoms with Crippen LogP contribution in [0.5, 0.6) is 0 Å². The fourth-order valence-corrected chi connectivity index (χ4v) is 7.90. The number of anilines is 4. The van der Waals surface area contributed by atoms with Crippen molar-refractivity contribution in [3.05, 3.63) is 56.5 Å². The predicted molar refractivity (Wildman–Crippen MR) is 181 cm³/mol. The largest absolute Gasteiger partial charge is 0.391 e. The molecule has 4 aromatic rings. The summed E-state index contributed by atoms with van der Waals surface area (Å²) in [5.41, 5.74) is 9.41. The number of rotatable bonds is 8. The first-order valence-electron chi connectivity index (χ1n) is 15.7. The Balaban J connectivity index is 1.14. The lowest BCUT2D eigenvalue weighted by atomic mass is 9.85. The van der Waals surface area contributed by atoms with E-state index in [4.69, 9.17) is 33.9 Å². The van der Waals surface area contributed by atoms with Crippen molar-refractivity contribution in [2.24, 2.45) is 24.8 Å². The number of hydrogen-bond acceptors (Lipinski definition) is 8. The molecule has 1 saturated heterocycles. The van der Waals surface area contributed by atoms with E-state index in [-0.39, 0.29) is 49.9 Å². The number of carbonyl (C=O) groups excluding carboxylic acids is 2. The summed E-state index contributed by atoms with van der Waals surface area (Å²) >= 11 is 14.5. The highest BCUT2D eigenvalue weighted by Crippen LogP contribution is 2.47. The van der Waals surface area contributed by atoms with E-state index < -0.39 is 18.0 Å². The highest BCUT2D eigenvalue weighted by molar-refractivity contribution is 7.13. The van der Waals surface area contributed by atoms with Gasteiger partial charge in [-0.2, -0.15) is 13.2 Å². The van der Waals surface area contributed by atoms with Crippen LogP contribution >= 0.6 is 34.5 Å². The third-order valence-electron chi connectivity index (χ3n) is 9.69. The fourth-order valence-electron chi connectivity index (χ4n) is 6.82. The molecular weight excluding hydrogens is 688 g/mol. The molecule has 2 aliphatic carbocycles. The number of nitrogens with two attached hydrogens (primary N) is 1. The van der Waals surface area contributed by atoms with E-state index in [1.807, 2.05) is 17.7 Å². The number of aryl methyl sites for hydroxylation is 1. The predicted octanol–water partition coefficient (Wildman–Crippen LogP) is 6.90. The van der Waals surface area contributed by atoms with Gasteiger partial charge in [-0.25, -0.2) is 9.97 Å². The number of aromatic nitrogens is 3. The SMILES string of the molecule is Cn1c(Nc2c(Cl)ccc(CNC(=O)c3csc(N)n3)c2Cl)nc2cc(C(=O)NC3CCC(C(F)(F)F)CC3)c(N3CC4CC4C3)cc21. The van der Waals surface area contributed by atoms with E-state index in [1.165, 1.54) is 17.8 Å². The number of imidazole rings is 1. The summed E-state index contributed by atoms with van der Waals surface area (Å²) in [6.07, 6.45) is -2.45. The van der Waals surface area contributed by atoms with Crippen LogP contribution in [0.15, 0.2) is 29.6 Å². The van der Waals surface area contributed by atoms with Crippen molar-refractivity contribution in [1.29, 1.82) is 0 Å². The van der Waals surface area contributed by atoms with Crippen LogP contribution in [0.3, 0.4) is 0 Å². The summed E-state index contributed by atoms with van der Waals surface area (Å²) in [6, 6.07) is 6.76. The van der Waals surface area contributed by atoms with Gasteiger partial charge in [0.05, 0.1) is 43.9 Å². The molecule has 3 heterocycles. The van der Waals surface area contributed by atoms with E-state index in [0.717, 1.165) is 24.3 Å². The molecule has 0 spiro atoms. The first-order valence-corrected chi connectivity index (χ1v) is 17.3. The van der Waals surface area contributed by atoms with Gasteiger partial charge in [-0.15, -0.1) is 11.3 Å². The normalized spacial score (nSPS) is 22.1. The molecule has 2 saturated carbocycles. The van der Waals surface area contributed by atoms with Gasteiger partial charge in [0.1, 0.15) is 5.69 Å². The lowest BCUT2D eigenvalue weighted by Crippen LogP contribution is -2.40. The number of amides is 2. The average Bonchev–Trinajstić information content (AvgIpc) is 3.32. The van der Waals surface area contributed by atoms with Gasteiger partial charge in [0.25, 0.3) is 11.8 Å². The monoisotopic (exact) mass is 720 g/mol. The first kappa shape index (κ1) is 32.8. The Morgan fingerprint density at radius 1 is 1.06 bits per heavy atom. The second-order valence-corrected chi connectivity index (χ2v) is 14.5. The average molecular weight is 722 g/mol. The van der Waals surface area contributed by atoms with Crippen LogP contribution in [0, 0.1) is 17.8 Å². The van der Waals surface area contributed by atoms with E-state index >= 15 is 0 Å². The van der Waals surface area contributed by atoms with E-state index in [9.17, 15) is 22.8 Å². The number of benzene rings is 2. The summed E-state index contributed by atoms with van der Waals surface area (Å²) in [5.74, 6) is -0.384. The zero-order valence-electron chi connectivity index (χ0n) is 25.8. The van der Waals surface area contributed by atoms with Gasteiger partial charge in [-0.05, 0) is 67.7 Å². The Morgan fingerprint density at radius 3 is 2.46 bits per heavy atom. The van der Waals surface area contributed by atoms with Crippen LogP contribution in [-0.2, 0) is 13.6 Å². The minimum Gasteiger partial charge on any atom is -0.375 e. The molecule has 2 aromatic carbocycles. The topological polar surface area (TPSA) is 130 Å². The van der Waals surface area contributed by atoms with E-state index in [2.05, 4.69) is 25.8 Å². The van der Waals surface area contributed by atoms with Gasteiger partial charge < -0.3 is 31.2 Å². The molecule has 3 aliphatic rings. The third kappa shape index (κ3) is 6.49. The minimum absolute atomic E-state index is 0.00467. The number of nitrogens with one attached hydrogen (secondary N) is 3. The van der Waals surface area contributed by atoms with Gasteiger partial charge in [-0.1, -0.05) is 29.3 Å². The van der Waals surface area contributed by atoms with Crippen LogP contribution < -0.4 is 26.6 Å². The van der Waals surface area contributed by atoms with Gasteiger partial charge >= 0.3 is 6.18 Å². The number of fused-ring (bicyclic) bond motifs is 2. The zero-order chi connectivity index (χ0) is 33.9. The molecule has 5 N–H and O–H groups in total. The maximum Gasteiger partial charge on any atom is 0.391 e.